The Morgan fingerprint density at radius 2 is 1.91 bits per heavy atom. The Morgan fingerprint density at radius 1 is 1.12 bits per heavy atom. The van der Waals surface area contributed by atoms with E-state index in [4.69, 9.17) is 9.15 Å². The summed E-state index contributed by atoms with van der Waals surface area (Å²) in [7, 11) is 0. The molecule has 0 fully saturated rings. The number of phenolic OH excluding ortho intramolecular Hbond substituents is 1. The summed E-state index contributed by atoms with van der Waals surface area (Å²) >= 11 is 0. The van der Waals surface area contributed by atoms with E-state index in [0.717, 1.165) is 0 Å². The van der Waals surface area contributed by atoms with E-state index < -0.39 is 22.2 Å². The third kappa shape index (κ3) is 2.97. The molecule has 0 radical (unpaired) electrons. The molecular formula is C22H16N4O7. The van der Waals surface area contributed by atoms with Crippen LogP contribution < -0.4 is 10.4 Å². The summed E-state index contributed by atoms with van der Waals surface area (Å²) in [6.07, 6.45) is 1.39. The number of hydrogen-bond donors (Lipinski definition) is 1. The summed E-state index contributed by atoms with van der Waals surface area (Å²) in [5.74, 6) is -0.790. The third-order valence-electron chi connectivity index (χ3n) is 5.64. The van der Waals surface area contributed by atoms with Crippen LogP contribution in [-0.2, 0) is 5.72 Å². The number of non-ortho nitro benzene ring substituents is 1. The van der Waals surface area contributed by atoms with Crippen LogP contribution in [0.5, 0.6) is 11.5 Å². The fourth-order valence-corrected chi connectivity index (χ4v) is 3.95. The zero-order chi connectivity index (χ0) is 23.5. The maximum absolute atomic E-state index is 13.6. The second kappa shape index (κ2) is 6.99. The first-order valence-electron chi connectivity index (χ1n) is 9.93. The van der Waals surface area contributed by atoms with E-state index in [1.807, 2.05) is 0 Å². The lowest BCUT2D eigenvalue weighted by Crippen LogP contribution is -2.48. The number of Topliss-reactive ketones (excluding diaryl/α,β-unsaturated/α-hetero) is 1. The lowest BCUT2D eigenvalue weighted by atomic mass is 9.92. The summed E-state index contributed by atoms with van der Waals surface area (Å²) in [6, 6.07) is 9.43. The van der Waals surface area contributed by atoms with Gasteiger partial charge in [-0.1, -0.05) is 19.1 Å². The van der Waals surface area contributed by atoms with Gasteiger partial charge in [-0.25, -0.2) is 9.48 Å². The molecule has 11 nitrogen and oxygen atoms in total. The average molecular weight is 448 g/mol. The average Bonchev–Trinajstić information content (AvgIpc) is 3.36. The molecule has 5 rings (SSSR count). The predicted octanol–water partition coefficient (Wildman–Crippen LogP) is 3.25. The van der Waals surface area contributed by atoms with Crippen LogP contribution in [0, 0.1) is 16.0 Å². The highest BCUT2D eigenvalue weighted by molar-refractivity contribution is 6.08. The molecule has 11 heteroatoms. The SMILES string of the molecule is CC(C)C1(n2cc(-c3cc([N+](=O)[O-])ccc3O)nn2)Oc2cc3oc(=O)ccc3cc2C1=O. The molecule has 0 bridgehead atoms. The number of benzene rings is 2. The second-order valence-corrected chi connectivity index (χ2v) is 7.93. The molecule has 3 heterocycles. The Bertz CT molecular complexity index is 1520. The number of rotatable bonds is 4. The molecule has 1 unspecified atom stereocenters. The molecule has 1 aliphatic heterocycles. The minimum absolute atomic E-state index is 0.0878. The van der Waals surface area contributed by atoms with E-state index in [0.29, 0.717) is 10.9 Å². The number of fused-ring (bicyclic) bond motifs is 2. The fraction of sp³-hybridized carbons (Fsp3) is 0.182. The molecule has 1 aliphatic rings. The maximum atomic E-state index is 13.6. The van der Waals surface area contributed by atoms with Crippen molar-refractivity contribution in [2.24, 2.45) is 5.92 Å². The van der Waals surface area contributed by atoms with Crippen molar-refractivity contribution in [1.29, 1.82) is 0 Å². The zero-order valence-corrected chi connectivity index (χ0v) is 17.4. The van der Waals surface area contributed by atoms with Crippen LogP contribution in [0.3, 0.4) is 0 Å². The van der Waals surface area contributed by atoms with Crippen molar-refractivity contribution in [3.05, 3.63) is 74.8 Å². The molecule has 0 amide bonds. The molecule has 1 atom stereocenters. The Morgan fingerprint density at radius 3 is 2.64 bits per heavy atom. The van der Waals surface area contributed by atoms with Crippen LogP contribution in [0.1, 0.15) is 24.2 Å². The van der Waals surface area contributed by atoms with Crippen molar-refractivity contribution in [2.75, 3.05) is 0 Å². The van der Waals surface area contributed by atoms with Crippen LogP contribution in [0.4, 0.5) is 5.69 Å². The number of nitrogens with zero attached hydrogens (tertiary/aromatic N) is 4. The Labute approximate surface area is 185 Å². The maximum Gasteiger partial charge on any atom is 0.336 e. The van der Waals surface area contributed by atoms with E-state index >= 15 is 0 Å². The van der Waals surface area contributed by atoms with Crippen LogP contribution in [0.25, 0.3) is 22.2 Å². The molecule has 166 valence electrons. The van der Waals surface area contributed by atoms with Gasteiger partial charge in [0.15, 0.2) is 0 Å². The number of carbonyl (C=O) groups excluding carboxylic acids is 1. The summed E-state index contributed by atoms with van der Waals surface area (Å²) in [4.78, 5) is 35.7. The lowest BCUT2D eigenvalue weighted by molar-refractivity contribution is -0.384. The largest absolute Gasteiger partial charge is 0.507 e. The highest BCUT2D eigenvalue weighted by Crippen LogP contribution is 2.44. The summed E-state index contributed by atoms with van der Waals surface area (Å²) in [5.41, 5.74) is -1.58. The normalized spacial score (nSPS) is 17.4. The first-order chi connectivity index (χ1) is 15.7. The molecule has 0 aliphatic carbocycles. The van der Waals surface area contributed by atoms with Gasteiger partial charge in [-0.05, 0) is 18.2 Å². The molecule has 1 N–H and O–H groups in total. The molecular weight excluding hydrogens is 432 g/mol. The Balaban J connectivity index is 1.63. The summed E-state index contributed by atoms with van der Waals surface area (Å²) in [5, 5.41) is 30.0. The summed E-state index contributed by atoms with van der Waals surface area (Å²) in [6.45, 7) is 3.55. The van der Waals surface area contributed by atoms with Gasteiger partial charge in [0.05, 0.1) is 22.2 Å². The van der Waals surface area contributed by atoms with Gasteiger partial charge >= 0.3 is 5.63 Å². The van der Waals surface area contributed by atoms with Crippen molar-refractivity contribution in [3.63, 3.8) is 0 Å². The zero-order valence-electron chi connectivity index (χ0n) is 17.4. The van der Waals surface area contributed by atoms with Crippen molar-refractivity contribution in [3.8, 4) is 22.8 Å². The standard InChI is InChI=1S/C22H16N4O7/c1-11(2)22(21(29)15-7-12-3-6-20(28)32-18(12)9-19(15)33-22)25-10-16(23-24-25)14-8-13(26(30)31)4-5-17(14)27/h3-11,27H,1-2H3. The van der Waals surface area contributed by atoms with E-state index in [2.05, 4.69) is 10.3 Å². The fourth-order valence-electron chi connectivity index (χ4n) is 3.95. The van der Waals surface area contributed by atoms with Crippen molar-refractivity contribution < 1.29 is 24.0 Å². The monoisotopic (exact) mass is 448 g/mol. The van der Waals surface area contributed by atoms with Crippen LogP contribution in [0.2, 0.25) is 0 Å². The minimum Gasteiger partial charge on any atom is -0.507 e. The van der Waals surface area contributed by atoms with Gasteiger partial charge in [0.25, 0.3) is 11.4 Å². The molecule has 2 aromatic heterocycles. The smallest absolute Gasteiger partial charge is 0.336 e. The Hall–Kier alpha value is -4.54. The number of aromatic nitrogens is 3. The van der Waals surface area contributed by atoms with Gasteiger partial charge in [0.1, 0.15) is 22.8 Å². The third-order valence-corrected chi connectivity index (χ3v) is 5.64. The predicted molar refractivity (Wildman–Crippen MR) is 114 cm³/mol. The number of phenols is 1. The van der Waals surface area contributed by atoms with Crippen LogP contribution >= 0.6 is 0 Å². The highest BCUT2D eigenvalue weighted by Gasteiger charge is 2.53. The molecule has 0 saturated carbocycles. The van der Waals surface area contributed by atoms with E-state index in [-0.39, 0.29) is 39.8 Å². The molecule has 4 aromatic rings. The van der Waals surface area contributed by atoms with Crippen molar-refractivity contribution >= 4 is 22.4 Å². The van der Waals surface area contributed by atoms with Gasteiger partial charge in [0, 0.05) is 35.6 Å². The molecule has 0 saturated heterocycles. The van der Waals surface area contributed by atoms with Gasteiger partial charge in [-0.2, -0.15) is 0 Å². The van der Waals surface area contributed by atoms with E-state index in [9.17, 15) is 24.8 Å². The number of nitro groups is 1. The van der Waals surface area contributed by atoms with E-state index in [1.165, 1.54) is 41.2 Å². The summed E-state index contributed by atoms with van der Waals surface area (Å²) < 4.78 is 12.6. The minimum atomic E-state index is -1.60. The number of nitro benzene ring substituents is 1. The molecule has 33 heavy (non-hydrogen) atoms. The van der Waals surface area contributed by atoms with Gasteiger partial charge < -0.3 is 14.3 Å². The van der Waals surface area contributed by atoms with Gasteiger partial charge in [-0.3, -0.25) is 14.9 Å². The molecule has 2 aromatic carbocycles. The van der Waals surface area contributed by atoms with Crippen molar-refractivity contribution in [2.45, 2.75) is 19.6 Å². The lowest BCUT2D eigenvalue weighted by Gasteiger charge is -2.30. The van der Waals surface area contributed by atoms with E-state index in [1.54, 1.807) is 26.0 Å². The van der Waals surface area contributed by atoms with Gasteiger partial charge in [0.2, 0.25) is 5.78 Å². The number of hydrogen-bond acceptors (Lipinski definition) is 9. The Kier molecular flexibility index (Phi) is 4.31. The van der Waals surface area contributed by atoms with Crippen LogP contribution in [0.15, 0.2) is 57.9 Å². The van der Waals surface area contributed by atoms with Gasteiger partial charge in [-0.15, -0.1) is 5.10 Å². The number of ether oxygens (including phenoxy) is 1. The topological polar surface area (TPSA) is 151 Å². The number of carbonyl (C=O) groups is 1. The molecule has 0 spiro atoms. The first kappa shape index (κ1) is 20.4. The number of aromatic hydroxyl groups is 1. The highest BCUT2D eigenvalue weighted by atomic mass is 16.6. The van der Waals surface area contributed by atoms with Crippen LogP contribution in [-0.4, -0.2) is 30.8 Å². The first-order valence-corrected chi connectivity index (χ1v) is 9.93. The second-order valence-electron chi connectivity index (χ2n) is 7.93. The number of ketones is 1. The van der Waals surface area contributed by atoms with Crippen molar-refractivity contribution in [1.82, 2.24) is 15.0 Å². The quantitative estimate of drug-likeness (QED) is 0.282.